The van der Waals surface area contributed by atoms with Crippen LogP contribution in [0.25, 0.3) is 0 Å². The number of aliphatic hydroxyl groups excluding tert-OH is 1. The molecule has 2 amide bonds. The van der Waals surface area contributed by atoms with Crippen molar-refractivity contribution in [2.75, 3.05) is 25.6 Å². The summed E-state index contributed by atoms with van der Waals surface area (Å²) < 4.78 is 6.13. The van der Waals surface area contributed by atoms with Crippen LogP contribution in [0.1, 0.15) is 5.56 Å². The van der Waals surface area contributed by atoms with E-state index >= 15 is 0 Å². The van der Waals surface area contributed by atoms with Gasteiger partial charge in [-0.05, 0) is 24.3 Å². The van der Waals surface area contributed by atoms with Crippen molar-refractivity contribution in [3.63, 3.8) is 0 Å². The molecule has 7 heteroatoms. The van der Waals surface area contributed by atoms with Crippen molar-refractivity contribution in [2.24, 2.45) is 0 Å². The number of halogens is 2. The highest BCUT2D eigenvalue weighted by molar-refractivity contribution is 9.10. The van der Waals surface area contributed by atoms with E-state index in [1.165, 1.54) is 4.90 Å². The van der Waals surface area contributed by atoms with Crippen molar-refractivity contribution < 1.29 is 14.6 Å². The minimum Gasteiger partial charge on any atom is -0.496 e. The van der Waals surface area contributed by atoms with Gasteiger partial charge in [-0.2, -0.15) is 0 Å². The molecule has 0 aliphatic rings. The Morgan fingerprint density at radius 3 is 2.75 bits per heavy atom. The molecule has 2 N–H and O–H groups in total. The number of hydrogen-bond acceptors (Lipinski definition) is 3. The number of urea groups is 1. The fourth-order valence-electron chi connectivity index (χ4n) is 2.20. The van der Waals surface area contributed by atoms with Gasteiger partial charge in [0.15, 0.2) is 0 Å². The summed E-state index contributed by atoms with van der Waals surface area (Å²) in [5.41, 5.74) is 1.36. The molecule has 0 saturated carbocycles. The average molecular weight is 414 g/mol. The normalized spacial score (nSPS) is 10.3. The van der Waals surface area contributed by atoms with Crippen LogP contribution in [0.2, 0.25) is 5.02 Å². The summed E-state index contributed by atoms with van der Waals surface area (Å²) in [6.07, 6.45) is 0. The topological polar surface area (TPSA) is 61.8 Å². The third-order valence-corrected chi connectivity index (χ3v) is 4.19. The lowest BCUT2D eigenvalue weighted by Crippen LogP contribution is -2.36. The molecule has 0 aliphatic heterocycles. The molecule has 128 valence electrons. The Labute approximate surface area is 154 Å². The molecular formula is C17H18BrClN2O3. The number of amides is 2. The molecule has 0 fully saturated rings. The summed E-state index contributed by atoms with van der Waals surface area (Å²) in [5, 5.41) is 12.5. The minimum atomic E-state index is -0.348. The van der Waals surface area contributed by atoms with E-state index in [-0.39, 0.29) is 19.2 Å². The summed E-state index contributed by atoms with van der Waals surface area (Å²) in [7, 11) is 1.58. The van der Waals surface area contributed by atoms with Crippen LogP contribution in [0.3, 0.4) is 0 Å². The van der Waals surface area contributed by atoms with Crippen molar-refractivity contribution in [2.45, 2.75) is 6.54 Å². The Kier molecular flexibility index (Phi) is 6.90. The van der Waals surface area contributed by atoms with Crippen LogP contribution < -0.4 is 10.1 Å². The first kappa shape index (κ1) is 18.6. The molecule has 0 heterocycles. The monoisotopic (exact) mass is 412 g/mol. The highest BCUT2D eigenvalue weighted by Crippen LogP contribution is 2.26. The van der Waals surface area contributed by atoms with Crippen LogP contribution in [0.4, 0.5) is 10.5 Å². The molecule has 0 aromatic heterocycles. The predicted molar refractivity (Wildman–Crippen MR) is 98.7 cm³/mol. The van der Waals surface area contributed by atoms with Crippen molar-refractivity contribution >= 4 is 39.2 Å². The van der Waals surface area contributed by atoms with Gasteiger partial charge >= 0.3 is 6.03 Å². The molecule has 24 heavy (non-hydrogen) atoms. The number of rotatable bonds is 6. The molecule has 0 aliphatic carbocycles. The number of anilines is 1. The number of carbonyl (C=O) groups is 1. The zero-order valence-corrected chi connectivity index (χ0v) is 15.5. The van der Waals surface area contributed by atoms with Crippen LogP contribution in [0, 0.1) is 0 Å². The molecule has 0 spiro atoms. The van der Waals surface area contributed by atoms with Gasteiger partial charge in [0, 0.05) is 16.6 Å². The van der Waals surface area contributed by atoms with Gasteiger partial charge in [-0.1, -0.05) is 45.7 Å². The molecule has 0 saturated heterocycles. The van der Waals surface area contributed by atoms with E-state index in [0.29, 0.717) is 23.0 Å². The van der Waals surface area contributed by atoms with Gasteiger partial charge in [-0.15, -0.1) is 0 Å². The first-order valence-electron chi connectivity index (χ1n) is 7.29. The number of benzene rings is 2. The zero-order valence-electron chi connectivity index (χ0n) is 13.1. The molecule has 0 atom stereocenters. The molecule has 0 radical (unpaired) electrons. The van der Waals surface area contributed by atoms with Crippen LogP contribution >= 0.6 is 27.5 Å². The van der Waals surface area contributed by atoms with E-state index in [2.05, 4.69) is 21.2 Å². The fraction of sp³-hybridized carbons (Fsp3) is 0.235. The molecule has 2 rings (SSSR count). The van der Waals surface area contributed by atoms with E-state index < -0.39 is 0 Å². The van der Waals surface area contributed by atoms with Gasteiger partial charge in [-0.3, -0.25) is 0 Å². The number of ether oxygens (including phenoxy) is 1. The zero-order chi connectivity index (χ0) is 17.5. The minimum absolute atomic E-state index is 0.142. The number of para-hydroxylation sites is 1. The summed E-state index contributed by atoms with van der Waals surface area (Å²) in [4.78, 5) is 14.0. The molecular weight excluding hydrogens is 396 g/mol. The van der Waals surface area contributed by atoms with Crippen LogP contribution in [-0.2, 0) is 6.54 Å². The maximum Gasteiger partial charge on any atom is 0.322 e. The third-order valence-electron chi connectivity index (χ3n) is 3.38. The Hall–Kier alpha value is -1.76. The Morgan fingerprint density at radius 1 is 1.33 bits per heavy atom. The molecule has 5 nitrogen and oxygen atoms in total. The van der Waals surface area contributed by atoms with Gasteiger partial charge in [0.2, 0.25) is 0 Å². The van der Waals surface area contributed by atoms with E-state index in [0.717, 1.165) is 10.0 Å². The third kappa shape index (κ3) is 4.87. The van der Waals surface area contributed by atoms with Crippen molar-refractivity contribution in [1.29, 1.82) is 0 Å². The SMILES string of the molecule is COc1ccccc1CN(CCO)C(=O)Nc1ccc(Br)cc1Cl. The van der Waals surface area contributed by atoms with Crippen LogP contribution in [-0.4, -0.2) is 36.3 Å². The first-order chi connectivity index (χ1) is 11.5. The highest BCUT2D eigenvalue weighted by Gasteiger charge is 2.16. The standard InChI is InChI=1S/C17H18BrClN2O3/c1-24-16-5-3-2-4-12(16)11-21(8-9-22)17(23)20-15-7-6-13(18)10-14(15)19/h2-7,10,22H,8-9,11H2,1H3,(H,20,23). The number of hydrogen-bond donors (Lipinski definition) is 2. The van der Waals surface area contributed by atoms with Crippen molar-refractivity contribution in [3.05, 3.63) is 57.5 Å². The Bertz CT molecular complexity index is 712. The Balaban J connectivity index is 2.15. The second-order valence-corrected chi connectivity index (χ2v) is 6.33. The molecule has 0 unspecified atom stereocenters. The lowest BCUT2D eigenvalue weighted by atomic mass is 10.2. The van der Waals surface area contributed by atoms with Gasteiger partial charge < -0.3 is 20.1 Å². The smallest absolute Gasteiger partial charge is 0.322 e. The van der Waals surface area contributed by atoms with Gasteiger partial charge in [-0.25, -0.2) is 4.79 Å². The number of nitrogens with one attached hydrogen (secondary N) is 1. The highest BCUT2D eigenvalue weighted by atomic mass is 79.9. The van der Waals surface area contributed by atoms with Gasteiger partial charge in [0.25, 0.3) is 0 Å². The van der Waals surface area contributed by atoms with Crippen LogP contribution in [0.5, 0.6) is 5.75 Å². The van der Waals surface area contributed by atoms with Gasteiger partial charge in [0.1, 0.15) is 5.75 Å². The fourth-order valence-corrected chi connectivity index (χ4v) is 2.92. The van der Waals surface area contributed by atoms with Crippen molar-refractivity contribution in [3.8, 4) is 5.75 Å². The van der Waals surface area contributed by atoms with Crippen LogP contribution in [0.15, 0.2) is 46.9 Å². The number of methoxy groups -OCH3 is 1. The van der Waals surface area contributed by atoms with E-state index in [4.69, 9.17) is 16.3 Å². The summed E-state index contributed by atoms with van der Waals surface area (Å²) >= 11 is 9.45. The maximum atomic E-state index is 12.5. The molecule has 0 bridgehead atoms. The summed E-state index contributed by atoms with van der Waals surface area (Å²) in [6.45, 7) is 0.360. The van der Waals surface area contributed by atoms with E-state index in [9.17, 15) is 9.90 Å². The Morgan fingerprint density at radius 2 is 2.08 bits per heavy atom. The molecule has 2 aromatic carbocycles. The van der Waals surface area contributed by atoms with Crippen molar-refractivity contribution in [1.82, 2.24) is 4.90 Å². The van der Waals surface area contributed by atoms with E-state index in [1.54, 1.807) is 25.3 Å². The lowest BCUT2D eigenvalue weighted by molar-refractivity contribution is 0.184. The second-order valence-electron chi connectivity index (χ2n) is 5.01. The lowest BCUT2D eigenvalue weighted by Gasteiger charge is -2.23. The summed E-state index contributed by atoms with van der Waals surface area (Å²) in [6, 6.07) is 12.3. The van der Waals surface area contributed by atoms with E-state index in [1.807, 2.05) is 24.3 Å². The quantitative estimate of drug-likeness (QED) is 0.748. The predicted octanol–water partition coefficient (Wildman–Crippen LogP) is 4.14. The number of nitrogens with zero attached hydrogens (tertiary/aromatic N) is 1. The second kappa shape index (κ2) is 8.92. The maximum absolute atomic E-state index is 12.5. The summed E-state index contributed by atoms with van der Waals surface area (Å²) in [5.74, 6) is 0.690. The average Bonchev–Trinajstić information content (AvgIpc) is 2.57. The molecule has 2 aromatic rings. The number of carbonyl (C=O) groups excluding carboxylic acids is 1. The number of aliphatic hydroxyl groups is 1. The largest absolute Gasteiger partial charge is 0.496 e. The van der Waals surface area contributed by atoms with Gasteiger partial charge in [0.05, 0.1) is 31.0 Å². The first-order valence-corrected chi connectivity index (χ1v) is 8.46.